The Morgan fingerprint density at radius 3 is 2.28 bits per heavy atom. The predicted molar refractivity (Wildman–Crippen MR) is 68.5 cm³/mol. The van der Waals surface area contributed by atoms with E-state index in [1.165, 1.54) is 0 Å². The normalized spacial score (nSPS) is 9.72. The van der Waals surface area contributed by atoms with Crippen LogP contribution in [0, 0.1) is 11.6 Å². The molecule has 0 bridgehead atoms. The number of hydrogen-bond acceptors (Lipinski definition) is 2. The molecule has 0 atom stereocenters. The number of carbonyl (C=O) groups is 1. The third kappa shape index (κ3) is 5.46. The fourth-order valence-electron chi connectivity index (χ4n) is 1.49. The molecule has 1 aromatic rings. The standard InChI is InChI=1S/C13H16F2O2.Na.H/c1-2-3-4-5-6-17-13-11(14)7-10(9-16)8-12(13)15;;/h7-9H,2-6H2,1H3;;. The van der Waals surface area contributed by atoms with Crippen molar-refractivity contribution in [3.63, 3.8) is 0 Å². The second-order valence-electron chi connectivity index (χ2n) is 3.84. The van der Waals surface area contributed by atoms with Crippen LogP contribution in [-0.4, -0.2) is 42.5 Å². The second kappa shape index (κ2) is 9.48. The van der Waals surface area contributed by atoms with E-state index >= 15 is 0 Å². The van der Waals surface area contributed by atoms with Gasteiger partial charge in [-0.25, -0.2) is 8.78 Å². The van der Waals surface area contributed by atoms with E-state index in [4.69, 9.17) is 4.74 Å². The zero-order chi connectivity index (χ0) is 12.7. The van der Waals surface area contributed by atoms with Gasteiger partial charge in [0.1, 0.15) is 6.29 Å². The number of aldehydes is 1. The van der Waals surface area contributed by atoms with Gasteiger partial charge in [0.05, 0.1) is 6.61 Å². The van der Waals surface area contributed by atoms with E-state index < -0.39 is 17.4 Å². The molecule has 0 spiro atoms. The molecule has 0 aliphatic heterocycles. The summed E-state index contributed by atoms with van der Waals surface area (Å²) in [5.41, 5.74) is -0.0293. The molecular weight excluding hydrogens is 249 g/mol. The molecule has 0 unspecified atom stereocenters. The average Bonchev–Trinajstić information content (AvgIpc) is 2.31. The maximum absolute atomic E-state index is 13.3. The van der Waals surface area contributed by atoms with E-state index in [0.717, 1.165) is 37.8 Å². The third-order valence-corrected chi connectivity index (χ3v) is 2.40. The molecule has 1 aromatic carbocycles. The monoisotopic (exact) mass is 266 g/mol. The Bertz CT molecular complexity index is 360. The number of hydrogen-bond donors (Lipinski definition) is 0. The number of rotatable bonds is 7. The molecule has 0 fully saturated rings. The Morgan fingerprint density at radius 1 is 1.17 bits per heavy atom. The summed E-state index contributed by atoms with van der Waals surface area (Å²) in [5.74, 6) is -2.06. The van der Waals surface area contributed by atoms with Crippen molar-refractivity contribution in [3.05, 3.63) is 29.3 Å². The van der Waals surface area contributed by atoms with Crippen LogP contribution >= 0.6 is 0 Å². The number of carbonyl (C=O) groups excluding carboxylic acids is 1. The quantitative estimate of drug-likeness (QED) is 0.430. The third-order valence-electron chi connectivity index (χ3n) is 2.40. The Kier molecular flexibility index (Phi) is 9.24. The molecule has 0 radical (unpaired) electrons. The molecule has 0 aliphatic rings. The van der Waals surface area contributed by atoms with E-state index in [9.17, 15) is 13.6 Å². The summed E-state index contributed by atoms with van der Waals surface area (Å²) in [6, 6.07) is 1.94. The van der Waals surface area contributed by atoms with E-state index in [1.807, 2.05) is 0 Å². The SMILES string of the molecule is CCCCCCOc1c(F)cc(C=O)cc1F.[NaH]. The van der Waals surface area contributed by atoms with Crippen LogP contribution in [0.1, 0.15) is 43.0 Å². The van der Waals surface area contributed by atoms with Crippen LogP contribution in [0.4, 0.5) is 8.78 Å². The molecule has 1 rings (SSSR count). The van der Waals surface area contributed by atoms with Gasteiger partial charge < -0.3 is 4.74 Å². The molecule has 0 aliphatic carbocycles. The minimum absolute atomic E-state index is 0. The van der Waals surface area contributed by atoms with Crippen molar-refractivity contribution in [1.82, 2.24) is 0 Å². The predicted octanol–water partition coefficient (Wildman–Crippen LogP) is 3.09. The van der Waals surface area contributed by atoms with Gasteiger partial charge in [-0.2, -0.15) is 0 Å². The number of unbranched alkanes of at least 4 members (excludes halogenated alkanes) is 3. The first-order valence-electron chi connectivity index (χ1n) is 5.76. The van der Waals surface area contributed by atoms with Crippen LogP contribution in [-0.2, 0) is 0 Å². The number of halogens is 2. The first kappa shape index (κ1) is 17.6. The van der Waals surface area contributed by atoms with Gasteiger partial charge in [-0.15, -0.1) is 0 Å². The van der Waals surface area contributed by atoms with Crippen LogP contribution in [0.2, 0.25) is 0 Å². The zero-order valence-electron chi connectivity index (χ0n) is 9.84. The van der Waals surface area contributed by atoms with E-state index in [1.54, 1.807) is 0 Å². The van der Waals surface area contributed by atoms with E-state index in [2.05, 4.69) is 6.92 Å². The van der Waals surface area contributed by atoms with Gasteiger partial charge in [0.2, 0.25) is 0 Å². The summed E-state index contributed by atoms with van der Waals surface area (Å²) in [4.78, 5) is 10.4. The van der Waals surface area contributed by atoms with Crippen LogP contribution in [0.5, 0.6) is 5.75 Å². The van der Waals surface area contributed by atoms with Crippen molar-refractivity contribution in [2.75, 3.05) is 6.61 Å². The van der Waals surface area contributed by atoms with Crippen LogP contribution in [0.15, 0.2) is 12.1 Å². The van der Waals surface area contributed by atoms with Crippen molar-refractivity contribution in [1.29, 1.82) is 0 Å². The molecule has 0 N–H and O–H groups in total. The Hall–Kier alpha value is -0.450. The molecule has 5 heteroatoms. The summed E-state index contributed by atoms with van der Waals surface area (Å²) < 4.78 is 31.7. The average molecular weight is 266 g/mol. The van der Waals surface area contributed by atoms with Crippen LogP contribution in [0.3, 0.4) is 0 Å². The van der Waals surface area contributed by atoms with Gasteiger partial charge in [0, 0.05) is 5.56 Å². The van der Waals surface area contributed by atoms with Crippen molar-refractivity contribution in [2.45, 2.75) is 32.6 Å². The molecule has 0 saturated carbocycles. The molecular formula is C13H17F2NaO2. The first-order valence-corrected chi connectivity index (χ1v) is 5.76. The Labute approximate surface area is 128 Å². The summed E-state index contributed by atoms with van der Waals surface area (Å²) in [5, 5.41) is 0. The number of benzene rings is 1. The summed E-state index contributed by atoms with van der Waals surface area (Å²) in [6.07, 6.45) is 4.32. The Morgan fingerprint density at radius 2 is 1.78 bits per heavy atom. The van der Waals surface area contributed by atoms with Crippen molar-refractivity contribution < 1.29 is 18.3 Å². The fraction of sp³-hybridized carbons (Fsp3) is 0.462. The van der Waals surface area contributed by atoms with Crippen molar-refractivity contribution in [3.8, 4) is 5.75 Å². The second-order valence-corrected chi connectivity index (χ2v) is 3.84. The van der Waals surface area contributed by atoms with Gasteiger partial charge >= 0.3 is 29.6 Å². The Balaban J connectivity index is 0.00000289. The number of ether oxygens (including phenoxy) is 1. The molecule has 0 aromatic heterocycles. The molecule has 0 saturated heterocycles. The van der Waals surface area contributed by atoms with E-state index in [-0.39, 0.29) is 41.7 Å². The topological polar surface area (TPSA) is 26.3 Å². The van der Waals surface area contributed by atoms with Gasteiger partial charge in [-0.05, 0) is 18.6 Å². The summed E-state index contributed by atoms with van der Waals surface area (Å²) >= 11 is 0. The minimum atomic E-state index is -0.831. The fourth-order valence-corrected chi connectivity index (χ4v) is 1.49. The zero-order valence-corrected chi connectivity index (χ0v) is 9.84. The van der Waals surface area contributed by atoms with Gasteiger partial charge in [0.15, 0.2) is 17.4 Å². The molecule has 2 nitrogen and oxygen atoms in total. The molecule has 0 amide bonds. The van der Waals surface area contributed by atoms with Gasteiger partial charge in [0.25, 0.3) is 0 Å². The van der Waals surface area contributed by atoms with Crippen LogP contribution < -0.4 is 4.74 Å². The molecule has 18 heavy (non-hydrogen) atoms. The maximum atomic E-state index is 13.3. The van der Waals surface area contributed by atoms with Crippen LogP contribution in [0.25, 0.3) is 0 Å². The first-order chi connectivity index (χ1) is 8.19. The molecule has 96 valence electrons. The van der Waals surface area contributed by atoms with Gasteiger partial charge in [-0.1, -0.05) is 26.2 Å². The molecule has 0 heterocycles. The summed E-state index contributed by atoms with van der Waals surface area (Å²) in [7, 11) is 0. The van der Waals surface area contributed by atoms with Gasteiger partial charge in [-0.3, -0.25) is 4.79 Å². The van der Waals surface area contributed by atoms with Crippen molar-refractivity contribution in [2.24, 2.45) is 0 Å². The van der Waals surface area contributed by atoms with Crippen molar-refractivity contribution >= 4 is 35.8 Å². The summed E-state index contributed by atoms with van der Waals surface area (Å²) in [6.45, 7) is 2.37. The van der Waals surface area contributed by atoms with E-state index in [0.29, 0.717) is 6.29 Å².